The first-order chi connectivity index (χ1) is 15.0. The van der Waals surface area contributed by atoms with Gasteiger partial charge in [-0.1, -0.05) is 17.9 Å². The second-order valence-electron chi connectivity index (χ2n) is 6.90. The Morgan fingerprint density at radius 1 is 1.13 bits per heavy atom. The van der Waals surface area contributed by atoms with Crippen LogP contribution in [0.25, 0.3) is 5.76 Å². The van der Waals surface area contributed by atoms with Gasteiger partial charge in [-0.3, -0.25) is 9.59 Å². The number of benzene rings is 1. The molecule has 31 heavy (non-hydrogen) atoms. The highest BCUT2D eigenvalue weighted by molar-refractivity contribution is 7.10. The number of thiophene rings is 1. The minimum Gasteiger partial charge on any atom is -0.872 e. The van der Waals surface area contributed by atoms with E-state index in [-0.39, 0.29) is 17.7 Å². The molecule has 1 saturated heterocycles. The van der Waals surface area contributed by atoms with Crippen LogP contribution in [-0.2, 0) is 16.1 Å². The lowest BCUT2D eigenvalue weighted by Gasteiger charge is -2.26. The van der Waals surface area contributed by atoms with Crippen LogP contribution in [0.3, 0.4) is 0 Å². The Kier molecular flexibility index (Phi) is 5.73. The van der Waals surface area contributed by atoms with Gasteiger partial charge >= 0.3 is 0 Å². The highest BCUT2D eigenvalue weighted by Crippen LogP contribution is 2.42. The van der Waals surface area contributed by atoms with Crippen molar-refractivity contribution in [1.82, 2.24) is 4.90 Å². The predicted molar refractivity (Wildman–Crippen MR) is 112 cm³/mol. The lowest BCUT2D eigenvalue weighted by Crippen LogP contribution is -2.29. The molecule has 1 fully saturated rings. The van der Waals surface area contributed by atoms with Crippen molar-refractivity contribution in [2.75, 3.05) is 14.2 Å². The lowest BCUT2D eigenvalue weighted by atomic mass is 9.99. The van der Waals surface area contributed by atoms with E-state index in [1.54, 1.807) is 24.5 Å². The molecule has 0 saturated carbocycles. The number of Topliss-reactive ketones (excluding diaryl/α,β-unsaturated/α-hetero) is 1. The standard InChI is InChI=1S/C23H20N2O5S/c1-29-16-8-7-15(11-17(16)30-2)21(26)19-20(18-6-4-10-31-18)25(23(28)22(19)27)13-14-5-3-9-24-12-14/h3-12,20,26H,13H2,1-2H3. The number of nitrogens with zero attached hydrogens (tertiary/aromatic N) is 1. The number of hydrogen-bond acceptors (Lipinski definition) is 6. The molecule has 158 valence electrons. The Morgan fingerprint density at radius 2 is 1.94 bits per heavy atom. The molecule has 7 nitrogen and oxygen atoms in total. The molecular weight excluding hydrogens is 416 g/mol. The van der Waals surface area contributed by atoms with Gasteiger partial charge in [-0.25, -0.2) is 4.98 Å². The first-order valence-corrected chi connectivity index (χ1v) is 10.4. The van der Waals surface area contributed by atoms with Gasteiger partial charge in [0.05, 0.1) is 26.8 Å². The molecule has 3 aromatic rings. The van der Waals surface area contributed by atoms with E-state index in [9.17, 15) is 14.7 Å². The summed E-state index contributed by atoms with van der Waals surface area (Å²) in [6, 6.07) is 11.3. The van der Waals surface area contributed by atoms with Gasteiger partial charge in [-0.05, 0) is 35.2 Å². The fourth-order valence-electron chi connectivity index (χ4n) is 3.63. The highest BCUT2D eigenvalue weighted by atomic mass is 32.1. The molecule has 4 rings (SSSR count). The molecule has 1 unspecified atom stereocenters. The number of carbonyl (C=O) groups is 2. The Bertz CT molecular complexity index is 1140. The first-order valence-electron chi connectivity index (χ1n) is 9.52. The number of methoxy groups -OCH3 is 2. The van der Waals surface area contributed by atoms with Gasteiger partial charge in [-0.15, -0.1) is 11.3 Å². The molecule has 0 bridgehead atoms. The number of ketones is 1. The van der Waals surface area contributed by atoms with E-state index in [1.165, 1.54) is 36.5 Å². The zero-order valence-corrected chi connectivity index (χ0v) is 17.8. The highest BCUT2D eigenvalue weighted by Gasteiger charge is 2.44. The third-order valence-corrected chi connectivity index (χ3v) is 6.04. The number of aromatic amines is 1. The Hall–Kier alpha value is -3.65. The molecule has 1 aliphatic heterocycles. The first kappa shape index (κ1) is 20.6. The summed E-state index contributed by atoms with van der Waals surface area (Å²) in [5, 5.41) is 15.3. The number of H-pyrrole nitrogens is 1. The van der Waals surface area contributed by atoms with Crippen LogP contribution < -0.4 is 19.6 Å². The van der Waals surface area contributed by atoms with Crippen molar-refractivity contribution in [2.24, 2.45) is 0 Å². The number of amides is 1. The molecule has 0 aliphatic carbocycles. The van der Waals surface area contributed by atoms with Crippen molar-refractivity contribution in [1.29, 1.82) is 0 Å². The van der Waals surface area contributed by atoms with Crippen molar-refractivity contribution < 1.29 is 29.2 Å². The van der Waals surface area contributed by atoms with Crippen LogP contribution in [0.2, 0.25) is 0 Å². The number of nitrogens with one attached hydrogen (secondary N) is 1. The maximum atomic E-state index is 13.4. The number of carbonyl (C=O) groups excluding carboxylic acids is 2. The molecule has 1 amide bonds. The van der Waals surface area contributed by atoms with Gasteiger partial charge in [0.25, 0.3) is 5.91 Å². The Balaban J connectivity index is 1.83. The quantitative estimate of drug-likeness (QED) is 0.335. The van der Waals surface area contributed by atoms with E-state index >= 15 is 0 Å². The number of rotatable bonds is 6. The summed E-state index contributed by atoms with van der Waals surface area (Å²) in [5.74, 6) is -1.13. The number of pyridine rings is 1. The zero-order valence-electron chi connectivity index (χ0n) is 17.0. The Labute approximate surface area is 183 Å². The van der Waals surface area contributed by atoms with Crippen molar-refractivity contribution in [2.45, 2.75) is 12.6 Å². The fraction of sp³-hybridized carbons (Fsp3) is 0.174. The second kappa shape index (κ2) is 8.61. The van der Waals surface area contributed by atoms with Crippen LogP contribution in [0.5, 0.6) is 11.5 Å². The summed E-state index contributed by atoms with van der Waals surface area (Å²) in [6.07, 6.45) is 3.52. The van der Waals surface area contributed by atoms with E-state index in [0.29, 0.717) is 11.5 Å². The number of ether oxygens (including phenoxy) is 2. The maximum Gasteiger partial charge on any atom is 0.295 e. The van der Waals surface area contributed by atoms with E-state index in [1.807, 2.05) is 29.6 Å². The van der Waals surface area contributed by atoms with Gasteiger partial charge < -0.3 is 19.5 Å². The third kappa shape index (κ3) is 3.77. The van der Waals surface area contributed by atoms with Crippen LogP contribution in [0.15, 0.2) is 65.8 Å². The summed E-state index contributed by atoms with van der Waals surface area (Å²) >= 11 is 1.40. The zero-order chi connectivity index (χ0) is 22.0. The summed E-state index contributed by atoms with van der Waals surface area (Å²) in [6.45, 7) is 0.202. The van der Waals surface area contributed by atoms with Crippen molar-refractivity contribution in [3.05, 3.63) is 81.8 Å². The molecule has 2 aromatic heterocycles. The summed E-state index contributed by atoms with van der Waals surface area (Å²) < 4.78 is 10.5. The minimum atomic E-state index is -0.780. The SMILES string of the molecule is COc1ccc(C([O-])=C2C(=O)C(=O)N(Cc3ccc[nH+]c3)C2c2cccs2)cc1OC. The number of likely N-dealkylation sites (tertiary alicyclic amines) is 1. The monoisotopic (exact) mass is 436 g/mol. The summed E-state index contributed by atoms with van der Waals surface area (Å²) in [4.78, 5) is 31.1. The molecule has 0 spiro atoms. The molecule has 1 aromatic carbocycles. The number of hydrogen-bond donors (Lipinski definition) is 0. The van der Waals surface area contributed by atoms with E-state index in [2.05, 4.69) is 4.98 Å². The largest absolute Gasteiger partial charge is 0.872 e. The maximum absolute atomic E-state index is 13.4. The van der Waals surface area contributed by atoms with Crippen molar-refractivity contribution in [3.63, 3.8) is 0 Å². The topological polar surface area (TPSA) is 93.0 Å². The van der Waals surface area contributed by atoms with E-state index in [4.69, 9.17) is 9.47 Å². The average Bonchev–Trinajstić information content (AvgIpc) is 3.41. The van der Waals surface area contributed by atoms with Gasteiger partial charge in [0.1, 0.15) is 0 Å². The van der Waals surface area contributed by atoms with Crippen LogP contribution in [0.1, 0.15) is 22.0 Å². The second-order valence-corrected chi connectivity index (χ2v) is 7.88. The van der Waals surface area contributed by atoms with Crippen LogP contribution in [0.4, 0.5) is 0 Å². The molecule has 8 heteroatoms. The molecule has 3 heterocycles. The van der Waals surface area contributed by atoms with Gasteiger partial charge in [0.15, 0.2) is 23.9 Å². The van der Waals surface area contributed by atoms with Crippen molar-refractivity contribution in [3.8, 4) is 11.5 Å². The minimum absolute atomic E-state index is 0.0559. The van der Waals surface area contributed by atoms with Crippen molar-refractivity contribution >= 4 is 28.8 Å². The molecule has 0 radical (unpaired) electrons. The van der Waals surface area contributed by atoms with Gasteiger partial charge in [0.2, 0.25) is 5.78 Å². The molecule has 1 aliphatic rings. The van der Waals surface area contributed by atoms with E-state index < -0.39 is 23.5 Å². The normalized spacial score (nSPS) is 17.7. The lowest BCUT2D eigenvalue weighted by molar-refractivity contribution is -0.378. The summed E-state index contributed by atoms with van der Waals surface area (Å²) in [5.41, 5.74) is 1.02. The van der Waals surface area contributed by atoms with Gasteiger partial charge in [-0.2, -0.15) is 0 Å². The van der Waals surface area contributed by atoms with Crippen LogP contribution in [-0.4, -0.2) is 30.8 Å². The summed E-state index contributed by atoms with van der Waals surface area (Å²) in [7, 11) is 2.97. The molecular formula is C23H20N2O5S. The number of aromatic nitrogens is 1. The molecule has 1 N–H and O–H groups in total. The van der Waals surface area contributed by atoms with Crippen LogP contribution >= 0.6 is 11.3 Å². The van der Waals surface area contributed by atoms with E-state index in [0.717, 1.165) is 10.4 Å². The smallest absolute Gasteiger partial charge is 0.295 e. The van der Waals surface area contributed by atoms with Gasteiger partial charge in [0, 0.05) is 22.1 Å². The fourth-order valence-corrected chi connectivity index (χ4v) is 4.48. The predicted octanol–water partition coefficient (Wildman–Crippen LogP) is 2.00. The Morgan fingerprint density at radius 3 is 2.58 bits per heavy atom. The average molecular weight is 436 g/mol. The molecule has 1 atom stereocenters. The third-order valence-electron chi connectivity index (χ3n) is 5.11. The van der Waals surface area contributed by atoms with Crippen LogP contribution in [0, 0.1) is 0 Å².